The minimum absolute atomic E-state index is 0.252. The Labute approximate surface area is 121 Å². The summed E-state index contributed by atoms with van der Waals surface area (Å²) in [5.41, 5.74) is 0.832. The molecule has 1 aliphatic rings. The van der Waals surface area contributed by atoms with Crippen LogP contribution < -0.4 is 0 Å². The van der Waals surface area contributed by atoms with Crippen molar-refractivity contribution in [1.29, 1.82) is 0 Å². The van der Waals surface area contributed by atoms with Gasteiger partial charge in [-0.3, -0.25) is 4.79 Å². The maximum Gasteiger partial charge on any atom is 0.164 e. The Morgan fingerprint density at radius 1 is 1.25 bits per heavy atom. The zero-order valence-electron chi connectivity index (χ0n) is 12.4. The predicted octanol–water partition coefficient (Wildman–Crippen LogP) is 3.01. The molecule has 110 valence electrons. The van der Waals surface area contributed by atoms with E-state index in [9.17, 15) is 4.79 Å². The average molecular weight is 275 g/mol. The van der Waals surface area contributed by atoms with Crippen molar-refractivity contribution in [2.45, 2.75) is 26.2 Å². The second kappa shape index (κ2) is 8.18. The van der Waals surface area contributed by atoms with Crippen molar-refractivity contribution in [3.05, 3.63) is 35.9 Å². The maximum absolute atomic E-state index is 12.0. The third-order valence-corrected chi connectivity index (χ3v) is 4.02. The predicted molar refractivity (Wildman–Crippen MR) is 81.0 cm³/mol. The van der Waals surface area contributed by atoms with Crippen LogP contribution in [0.4, 0.5) is 0 Å². The van der Waals surface area contributed by atoms with Gasteiger partial charge < -0.3 is 9.64 Å². The molecule has 0 atom stereocenters. The van der Waals surface area contributed by atoms with E-state index in [1.807, 2.05) is 37.3 Å². The van der Waals surface area contributed by atoms with Crippen molar-refractivity contribution in [3.63, 3.8) is 0 Å². The Bertz CT molecular complexity index is 397. The number of ether oxygens (including phenoxy) is 1. The quantitative estimate of drug-likeness (QED) is 0.716. The third-order valence-electron chi connectivity index (χ3n) is 4.02. The normalized spacial score (nSPS) is 17.2. The molecule has 0 radical (unpaired) electrons. The molecular formula is C17H25NO2. The largest absolute Gasteiger partial charge is 0.381 e. The molecule has 0 bridgehead atoms. The number of carbonyl (C=O) groups excluding carboxylic acids is 1. The molecule has 0 saturated carbocycles. The van der Waals surface area contributed by atoms with E-state index >= 15 is 0 Å². The SMILES string of the molecule is CCOCC1CCN(CCC(=O)c2ccccc2)CC1. The molecule has 0 spiro atoms. The van der Waals surface area contributed by atoms with E-state index in [4.69, 9.17) is 4.74 Å². The molecule has 20 heavy (non-hydrogen) atoms. The first-order chi connectivity index (χ1) is 9.79. The van der Waals surface area contributed by atoms with Gasteiger partial charge in [0.05, 0.1) is 0 Å². The first-order valence-corrected chi connectivity index (χ1v) is 7.68. The van der Waals surface area contributed by atoms with Gasteiger partial charge in [0.1, 0.15) is 0 Å². The van der Waals surface area contributed by atoms with Gasteiger partial charge in [-0.05, 0) is 38.8 Å². The van der Waals surface area contributed by atoms with Crippen molar-refractivity contribution < 1.29 is 9.53 Å². The van der Waals surface area contributed by atoms with Crippen LogP contribution in [0.15, 0.2) is 30.3 Å². The second-order valence-corrected chi connectivity index (χ2v) is 5.48. The first-order valence-electron chi connectivity index (χ1n) is 7.68. The van der Waals surface area contributed by atoms with Gasteiger partial charge in [-0.2, -0.15) is 0 Å². The molecule has 0 aromatic heterocycles. The van der Waals surface area contributed by atoms with Gasteiger partial charge in [0.25, 0.3) is 0 Å². The zero-order chi connectivity index (χ0) is 14.2. The average Bonchev–Trinajstić information content (AvgIpc) is 2.52. The summed E-state index contributed by atoms with van der Waals surface area (Å²) in [5.74, 6) is 0.957. The van der Waals surface area contributed by atoms with E-state index < -0.39 is 0 Å². The fourth-order valence-corrected chi connectivity index (χ4v) is 2.69. The molecule has 3 heteroatoms. The van der Waals surface area contributed by atoms with E-state index in [0.717, 1.165) is 38.4 Å². The minimum atomic E-state index is 0.252. The van der Waals surface area contributed by atoms with E-state index in [1.165, 1.54) is 12.8 Å². The van der Waals surface area contributed by atoms with Crippen LogP contribution in [-0.2, 0) is 4.74 Å². The summed E-state index contributed by atoms with van der Waals surface area (Å²) in [6.45, 7) is 6.83. The molecule has 1 aromatic carbocycles. The van der Waals surface area contributed by atoms with Gasteiger partial charge in [-0.25, -0.2) is 0 Å². The summed E-state index contributed by atoms with van der Waals surface area (Å²) in [5, 5.41) is 0. The molecule has 2 rings (SSSR count). The summed E-state index contributed by atoms with van der Waals surface area (Å²) in [6.07, 6.45) is 3.01. The minimum Gasteiger partial charge on any atom is -0.381 e. The molecular weight excluding hydrogens is 250 g/mol. The van der Waals surface area contributed by atoms with Gasteiger partial charge in [0.15, 0.2) is 5.78 Å². The summed E-state index contributed by atoms with van der Waals surface area (Å²) in [4.78, 5) is 14.5. The first kappa shape index (κ1) is 15.2. The molecule has 1 aliphatic heterocycles. The van der Waals surface area contributed by atoms with Gasteiger partial charge >= 0.3 is 0 Å². The number of benzene rings is 1. The molecule has 0 unspecified atom stereocenters. The highest BCUT2D eigenvalue weighted by Gasteiger charge is 2.19. The Balaban J connectivity index is 1.67. The van der Waals surface area contributed by atoms with E-state index in [-0.39, 0.29) is 5.78 Å². The summed E-state index contributed by atoms with van der Waals surface area (Å²) < 4.78 is 5.49. The number of ketones is 1. The van der Waals surface area contributed by atoms with Crippen LogP contribution in [0, 0.1) is 5.92 Å². The molecule has 1 fully saturated rings. The highest BCUT2D eigenvalue weighted by atomic mass is 16.5. The van der Waals surface area contributed by atoms with Crippen molar-refractivity contribution in [2.75, 3.05) is 32.8 Å². The topological polar surface area (TPSA) is 29.5 Å². The number of carbonyl (C=O) groups is 1. The summed E-state index contributed by atoms with van der Waals surface area (Å²) >= 11 is 0. The van der Waals surface area contributed by atoms with Gasteiger partial charge in [0, 0.05) is 31.7 Å². The molecule has 1 saturated heterocycles. The fourth-order valence-electron chi connectivity index (χ4n) is 2.69. The van der Waals surface area contributed by atoms with Crippen LogP contribution in [0.2, 0.25) is 0 Å². The van der Waals surface area contributed by atoms with Crippen LogP contribution in [0.25, 0.3) is 0 Å². The lowest BCUT2D eigenvalue weighted by molar-refractivity contribution is 0.0720. The molecule has 1 heterocycles. The van der Waals surface area contributed by atoms with Crippen molar-refractivity contribution in [1.82, 2.24) is 4.90 Å². The van der Waals surface area contributed by atoms with Crippen LogP contribution in [0.1, 0.15) is 36.5 Å². The number of nitrogens with zero attached hydrogens (tertiary/aromatic N) is 1. The van der Waals surface area contributed by atoms with Gasteiger partial charge in [-0.1, -0.05) is 30.3 Å². The number of Topliss-reactive ketones (excluding diaryl/α,β-unsaturated/α-hetero) is 1. The van der Waals surface area contributed by atoms with Crippen LogP contribution >= 0.6 is 0 Å². The number of likely N-dealkylation sites (tertiary alicyclic amines) is 1. The van der Waals surface area contributed by atoms with E-state index in [0.29, 0.717) is 12.3 Å². The number of rotatable bonds is 7. The smallest absolute Gasteiger partial charge is 0.164 e. The lowest BCUT2D eigenvalue weighted by atomic mass is 9.97. The molecule has 3 nitrogen and oxygen atoms in total. The van der Waals surface area contributed by atoms with Crippen molar-refractivity contribution in [3.8, 4) is 0 Å². The van der Waals surface area contributed by atoms with Crippen LogP contribution in [-0.4, -0.2) is 43.5 Å². The van der Waals surface area contributed by atoms with Gasteiger partial charge in [-0.15, -0.1) is 0 Å². The highest BCUT2D eigenvalue weighted by Crippen LogP contribution is 2.18. The van der Waals surface area contributed by atoms with Crippen LogP contribution in [0.3, 0.4) is 0 Å². The van der Waals surface area contributed by atoms with Crippen LogP contribution in [0.5, 0.6) is 0 Å². The molecule has 0 N–H and O–H groups in total. The molecule has 0 amide bonds. The molecule has 1 aromatic rings. The maximum atomic E-state index is 12.0. The zero-order valence-corrected chi connectivity index (χ0v) is 12.4. The number of hydrogen-bond donors (Lipinski definition) is 0. The van der Waals surface area contributed by atoms with E-state index in [2.05, 4.69) is 4.90 Å². The Morgan fingerprint density at radius 3 is 2.60 bits per heavy atom. The lowest BCUT2D eigenvalue weighted by Gasteiger charge is -2.31. The Hall–Kier alpha value is -1.19. The third kappa shape index (κ3) is 4.73. The van der Waals surface area contributed by atoms with Gasteiger partial charge in [0.2, 0.25) is 0 Å². The fraction of sp³-hybridized carbons (Fsp3) is 0.588. The molecule has 0 aliphatic carbocycles. The standard InChI is InChI=1S/C17H25NO2/c1-2-20-14-15-8-11-18(12-9-15)13-10-17(19)16-6-4-3-5-7-16/h3-7,15H,2,8-14H2,1H3. The monoisotopic (exact) mass is 275 g/mol. The van der Waals surface area contributed by atoms with E-state index in [1.54, 1.807) is 0 Å². The highest BCUT2D eigenvalue weighted by molar-refractivity contribution is 5.96. The number of piperidine rings is 1. The Kier molecular flexibility index (Phi) is 6.22. The summed E-state index contributed by atoms with van der Waals surface area (Å²) in [6, 6.07) is 9.59. The Morgan fingerprint density at radius 2 is 1.95 bits per heavy atom. The number of hydrogen-bond acceptors (Lipinski definition) is 3. The summed E-state index contributed by atoms with van der Waals surface area (Å²) in [7, 11) is 0. The second-order valence-electron chi connectivity index (χ2n) is 5.48. The lowest BCUT2D eigenvalue weighted by Crippen LogP contribution is -2.36. The van der Waals surface area contributed by atoms with Crippen molar-refractivity contribution >= 4 is 5.78 Å². The van der Waals surface area contributed by atoms with Crippen molar-refractivity contribution in [2.24, 2.45) is 5.92 Å².